The van der Waals surface area contributed by atoms with Gasteiger partial charge in [-0.25, -0.2) is 4.79 Å². The third-order valence-electron chi connectivity index (χ3n) is 3.51. The molecule has 0 heterocycles. The monoisotopic (exact) mass is 284 g/mol. The molecule has 0 unspecified atom stereocenters. The summed E-state index contributed by atoms with van der Waals surface area (Å²) in [5, 5.41) is 9.44. The number of rotatable bonds is 3. The highest BCUT2D eigenvalue weighted by molar-refractivity contribution is 5.97. The summed E-state index contributed by atoms with van der Waals surface area (Å²) < 4.78 is 5.37. The third kappa shape index (κ3) is 3.07. The minimum absolute atomic E-state index is 0.0478. The molecule has 0 bridgehead atoms. The number of para-hydroxylation sites is 1. The van der Waals surface area contributed by atoms with Crippen LogP contribution in [0.3, 0.4) is 0 Å². The van der Waals surface area contributed by atoms with Crippen LogP contribution >= 0.6 is 0 Å². The SMILES string of the molecule is COc1ccccc1-c1cc(C(C)(C)C)ccc1C(=O)O. The van der Waals surface area contributed by atoms with E-state index >= 15 is 0 Å². The molecule has 0 radical (unpaired) electrons. The summed E-state index contributed by atoms with van der Waals surface area (Å²) in [6.45, 7) is 6.32. The summed E-state index contributed by atoms with van der Waals surface area (Å²) >= 11 is 0. The number of carboxylic acid groups (broad SMARTS) is 1. The number of carboxylic acids is 1. The molecule has 0 atom stereocenters. The molecule has 21 heavy (non-hydrogen) atoms. The lowest BCUT2D eigenvalue weighted by molar-refractivity contribution is 0.0697. The zero-order valence-corrected chi connectivity index (χ0v) is 12.8. The highest BCUT2D eigenvalue weighted by Gasteiger charge is 2.20. The van der Waals surface area contributed by atoms with Gasteiger partial charge in [0.05, 0.1) is 12.7 Å². The highest BCUT2D eigenvalue weighted by Crippen LogP contribution is 2.35. The molecular weight excluding hydrogens is 264 g/mol. The summed E-state index contributed by atoms with van der Waals surface area (Å²) in [5.74, 6) is -0.262. The molecule has 1 N–H and O–H groups in total. The van der Waals surface area contributed by atoms with Gasteiger partial charge in [0, 0.05) is 11.1 Å². The van der Waals surface area contributed by atoms with Crippen LogP contribution in [0.4, 0.5) is 0 Å². The summed E-state index contributed by atoms with van der Waals surface area (Å²) in [6, 6.07) is 13.0. The van der Waals surface area contributed by atoms with Crippen LogP contribution in [0, 0.1) is 0 Å². The molecule has 3 nitrogen and oxygen atoms in total. The fourth-order valence-corrected chi connectivity index (χ4v) is 2.29. The van der Waals surface area contributed by atoms with Crippen LogP contribution in [0.5, 0.6) is 5.75 Å². The molecule has 0 aliphatic rings. The van der Waals surface area contributed by atoms with Crippen LogP contribution in [0.2, 0.25) is 0 Å². The number of hydrogen-bond acceptors (Lipinski definition) is 2. The molecule has 0 fully saturated rings. The average molecular weight is 284 g/mol. The van der Waals surface area contributed by atoms with Gasteiger partial charge in [-0.2, -0.15) is 0 Å². The molecule has 2 aromatic rings. The van der Waals surface area contributed by atoms with Crippen molar-refractivity contribution in [2.75, 3.05) is 7.11 Å². The first-order valence-electron chi connectivity index (χ1n) is 6.86. The Bertz CT molecular complexity index is 666. The number of methoxy groups -OCH3 is 1. The lowest BCUT2D eigenvalue weighted by Gasteiger charge is -2.21. The van der Waals surface area contributed by atoms with Crippen molar-refractivity contribution >= 4 is 5.97 Å². The minimum atomic E-state index is -0.934. The van der Waals surface area contributed by atoms with E-state index in [2.05, 4.69) is 20.8 Å². The molecule has 2 rings (SSSR count). The molecule has 0 amide bonds. The van der Waals surface area contributed by atoms with Gasteiger partial charge in [-0.3, -0.25) is 0 Å². The predicted molar refractivity (Wildman–Crippen MR) is 84.1 cm³/mol. The van der Waals surface area contributed by atoms with Gasteiger partial charge in [0.25, 0.3) is 0 Å². The van der Waals surface area contributed by atoms with E-state index in [4.69, 9.17) is 4.74 Å². The molecule has 0 saturated carbocycles. The van der Waals surface area contributed by atoms with Gasteiger partial charge in [-0.05, 0) is 29.2 Å². The van der Waals surface area contributed by atoms with E-state index in [1.807, 2.05) is 36.4 Å². The van der Waals surface area contributed by atoms with Crippen LogP contribution in [0.25, 0.3) is 11.1 Å². The van der Waals surface area contributed by atoms with E-state index in [1.165, 1.54) is 0 Å². The Balaban J connectivity index is 2.72. The van der Waals surface area contributed by atoms with E-state index < -0.39 is 5.97 Å². The Kier molecular flexibility index (Phi) is 4.03. The van der Waals surface area contributed by atoms with Crippen LogP contribution < -0.4 is 4.74 Å². The number of hydrogen-bond donors (Lipinski definition) is 1. The zero-order chi connectivity index (χ0) is 15.6. The molecule has 2 aromatic carbocycles. The fourth-order valence-electron chi connectivity index (χ4n) is 2.29. The van der Waals surface area contributed by atoms with Crippen molar-refractivity contribution in [1.82, 2.24) is 0 Å². The highest BCUT2D eigenvalue weighted by atomic mass is 16.5. The largest absolute Gasteiger partial charge is 0.496 e. The molecule has 0 aliphatic carbocycles. The van der Waals surface area contributed by atoms with Crippen LogP contribution in [-0.2, 0) is 5.41 Å². The Morgan fingerprint density at radius 3 is 2.29 bits per heavy atom. The second-order valence-corrected chi connectivity index (χ2v) is 6.02. The number of carbonyl (C=O) groups is 1. The third-order valence-corrected chi connectivity index (χ3v) is 3.51. The molecule has 0 spiro atoms. The topological polar surface area (TPSA) is 46.5 Å². The summed E-state index contributed by atoms with van der Waals surface area (Å²) in [7, 11) is 1.59. The van der Waals surface area contributed by atoms with E-state index in [0.29, 0.717) is 11.3 Å². The van der Waals surface area contributed by atoms with Crippen molar-refractivity contribution in [3.8, 4) is 16.9 Å². The summed E-state index contributed by atoms with van der Waals surface area (Å²) in [5.41, 5.74) is 2.81. The lowest BCUT2D eigenvalue weighted by atomic mass is 9.84. The maximum atomic E-state index is 11.5. The van der Waals surface area contributed by atoms with Crippen molar-refractivity contribution in [3.05, 3.63) is 53.6 Å². The molecule has 0 aliphatic heterocycles. The molecule has 0 saturated heterocycles. The average Bonchev–Trinajstić information content (AvgIpc) is 2.45. The van der Waals surface area contributed by atoms with Crippen LogP contribution in [0.15, 0.2) is 42.5 Å². The van der Waals surface area contributed by atoms with E-state index in [-0.39, 0.29) is 11.0 Å². The number of ether oxygens (including phenoxy) is 1. The standard InChI is InChI=1S/C18H20O3/c1-18(2,3)12-9-10-14(17(19)20)15(11-12)13-7-5-6-8-16(13)21-4/h5-11H,1-4H3,(H,19,20). The Hall–Kier alpha value is -2.29. The fraction of sp³-hybridized carbons (Fsp3) is 0.278. The molecule has 0 aromatic heterocycles. The zero-order valence-electron chi connectivity index (χ0n) is 12.8. The molecule has 110 valence electrons. The van der Waals surface area contributed by atoms with Gasteiger partial charge >= 0.3 is 5.97 Å². The maximum Gasteiger partial charge on any atom is 0.336 e. The van der Waals surface area contributed by atoms with E-state index in [9.17, 15) is 9.90 Å². The van der Waals surface area contributed by atoms with Crippen molar-refractivity contribution in [1.29, 1.82) is 0 Å². The predicted octanol–water partition coefficient (Wildman–Crippen LogP) is 4.36. The van der Waals surface area contributed by atoms with Crippen molar-refractivity contribution in [2.24, 2.45) is 0 Å². The quantitative estimate of drug-likeness (QED) is 0.911. The smallest absolute Gasteiger partial charge is 0.336 e. The van der Waals surface area contributed by atoms with Crippen molar-refractivity contribution < 1.29 is 14.6 Å². The normalized spacial score (nSPS) is 11.2. The van der Waals surface area contributed by atoms with Crippen molar-refractivity contribution in [3.63, 3.8) is 0 Å². The van der Waals surface area contributed by atoms with Crippen molar-refractivity contribution in [2.45, 2.75) is 26.2 Å². The maximum absolute atomic E-state index is 11.5. The van der Waals surface area contributed by atoms with Gasteiger partial charge in [0.2, 0.25) is 0 Å². The molecule has 3 heteroatoms. The summed E-state index contributed by atoms with van der Waals surface area (Å²) in [4.78, 5) is 11.5. The first kappa shape index (κ1) is 15.1. The molecular formula is C18H20O3. The Morgan fingerprint density at radius 2 is 1.71 bits per heavy atom. The Morgan fingerprint density at radius 1 is 1.05 bits per heavy atom. The summed E-state index contributed by atoms with van der Waals surface area (Å²) in [6.07, 6.45) is 0. The van der Waals surface area contributed by atoms with Gasteiger partial charge < -0.3 is 9.84 Å². The van der Waals surface area contributed by atoms with Gasteiger partial charge in [-0.15, -0.1) is 0 Å². The Labute approximate surface area is 125 Å². The first-order valence-corrected chi connectivity index (χ1v) is 6.86. The van der Waals surface area contributed by atoms with Gasteiger partial charge in [-0.1, -0.05) is 45.0 Å². The first-order chi connectivity index (χ1) is 9.84. The second-order valence-electron chi connectivity index (χ2n) is 6.02. The minimum Gasteiger partial charge on any atom is -0.496 e. The van der Waals surface area contributed by atoms with Crippen LogP contribution in [-0.4, -0.2) is 18.2 Å². The van der Waals surface area contributed by atoms with E-state index in [1.54, 1.807) is 13.2 Å². The number of aromatic carboxylic acids is 1. The van der Waals surface area contributed by atoms with E-state index in [0.717, 1.165) is 11.1 Å². The number of benzene rings is 2. The second kappa shape index (κ2) is 5.60. The van der Waals surface area contributed by atoms with Gasteiger partial charge in [0.1, 0.15) is 5.75 Å². The van der Waals surface area contributed by atoms with Gasteiger partial charge in [0.15, 0.2) is 0 Å². The van der Waals surface area contributed by atoms with Crippen LogP contribution in [0.1, 0.15) is 36.7 Å². The lowest BCUT2D eigenvalue weighted by Crippen LogP contribution is -2.12.